The number of primary amides is 1. The maximum absolute atomic E-state index is 12.0. The van der Waals surface area contributed by atoms with Crippen molar-refractivity contribution in [1.29, 1.82) is 0 Å². The zero-order valence-electron chi connectivity index (χ0n) is 9.76. The number of carbonyl (C=O) groups excluding carboxylic acids is 2. The van der Waals surface area contributed by atoms with E-state index in [2.05, 4.69) is 26.2 Å². The predicted octanol–water partition coefficient (Wildman–Crippen LogP) is 2.20. The van der Waals surface area contributed by atoms with Gasteiger partial charge in [-0.05, 0) is 46.3 Å². The van der Waals surface area contributed by atoms with Gasteiger partial charge in [-0.1, -0.05) is 6.07 Å². The Morgan fingerprint density at radius 3 is 2.53 bits per heavy atom. The van der Waals surface area contributed by atoms with E-state index in [1.54, 1.807) is 36.5 Å². The number of nitrogens with zero attached hydrogens (tertiary/aromatic N) is 1. The van der Waals surface area contributed by atoms with Crippen LogP contribution in [-0.4, -0.2) is 16.8 Å². The second-order valence-corrected chi connectivity index (χ2v) is 4.68. The van der Waals surface area contributed by atoms with Crippen molar-refractivity contribution in [1.82, 2.24) is 4.98 Å². The van der Waals surface area contributed by atoms with Crippen molar-refractivity contribution in [3.05, 3.63) is 58.2 Å². The smallest absolute Gasteiger partial charge is 0.256 e. The van der Waals surface area contributed by atoms with Crippen molar-refractivity contribution in [2.45, 2.75) is 0 Å². The summed E-state index contributed by atoms with van der Waals surface area (Å²) in [5, 5.41) is 2.63. The van der Waals surface area contributed by atoms with Gasteiger partial charge in [-0.15, -0.1) is 0 Å². The lowest BCUT2D eigenvalue weighted by Crippen LogP contribution is -2.15. The molecule has 5 nitrogen and oxygen atoms in total. The minimum absolute atomic E-state index is 0.288. The van der Waals surface area contributed by atoms with Gasteiger partial charge in [-0.3, -0.25) is 9.59 Å². The largest absolute Gasteiger partial charge is 0.366 e. The summed E-state index contributed by atoms with van der Waals surface area (Å²) < 4.78 is 0.821. The molecule has 0 radical (unpaired) electrons. The molecule has 6 heteroatoms. The fourth-order valence-corrected chi connectivity index (χ4v) is 1.69. The molecule has 0 aliphatic heterocycles. The number of pyridine rings is 1. The van der Waals surface area contributed by atoms with Crippen LogP contribution in [-0.2, 0) is 0 Å². The predicted molar refractivity (Wildman–Crippen MR) is 74.9 cm³/mol. The Morgan fingerprint density at radius 2 is 1.89 bits per heavy atom. The van der Waals surface area contributed by atoms with Crippen LogP contribution >= 0.6 is 15.9 Å². The van der Waals surface area contributed by atoms with Crippen LogP contribution in [0, 0.1) is 0 Å². The van der Waals surface area contributed by atoms with Crippen LogP contribution in [0.1, 0.15) is 20.7 Å². The topological polar surface area (TPSA) is 85.1 Å². The standard InChI is InChI=1S/C13H10BrN3O2/c14-10-4-5-11(16-7-10)17-13(19)9-3-1-2-8(6-9)12(15)18/h1-7H,(H2,15,18)(H,16,17,19). The van der Waals surface area contributed by atoms with Crippen molar-refractivity contribution in [3.63, 3.8) is 0 Å². The van der Waals surface area contributed by atoms with Crippen LogP contribution in [0.2, 0.25) is 0 Å². The Bertz CT molecular complexity index is 626. The van der Waals surface area contributed by atoms with E-state index in [-0.39, 0.29) is 11.5 Å². The van der Waals surface area contributed by atoms with E-state index in [9.17, 15) is 9.59 Å². The average molecular weight is 320 g/mol. The first-order valence-electron chi connectivity index (χ1n) is 5.39. The van der Waals surface area contributed by atoms with E-state index in [1.807, 2.05) is 0 Å². The zero-order chi connectivity index (χ0) is 13.8. The Labute approximate surface area is 118 Å². The normalized spacial score (nSPS) is 9.95. The molecular weight excluding hydrogens is 310 g/mol. The van der Waals surface area contributed by atoms with E-state index in [4.69, 9.17) is 5.73 Å². The van der Waals surface area contributed by atoms with Gasteiger partial charge in [0.1, 0.15) is 5.82 Å². The summed E-state index contributed by atoms with van der Waals surface area (Å²) in [5.41, 5.74) is 5.80. The van der Waals surface area contributed by atoms with Gasteiger partial charge in [0, 0.05) is 21.8 Å². The molecule has 0 saturated carbocycles. The SMILES string of the molecule is NC(=O)c1cccc(C(=O)Nc2ccc(Br)cn2)c1. The molecule has 2 rings (SSSR count). The van der Waals surface area contributed by atoms with Gasteiger partial charge in [-0.2, -0.15) is 0 Å². The molecule has 19 heavy (non-hydrogen) atoms. The van der Waals surface area contributed by atoms with E-state index < -0.39 is 5.91 Å². The highest BCUT2D eigenvalue weighted by Crippen LogP contribution is 2.12. The first-order valence-corrected chi connectivity index (χ1v) is 6.18. The first-order chi connectivity index (χ1) is 9.06. The van der Waals surface area contributed by atoms with Crippen LogP contribution in [0.25, 0.3) is 0 Å². The Morgan fingerprint density at radius 1 is 1.16 bits per heavy atom. The molecule has 1 aromatic carbocycles. The molecule has 2 amide bonds. The highest BCUT2D eigenvalue weighted by Gasteiger charge is 2.09. The van der Waals surface area contributed by atoms with Crippen LogP contribution in [0.3, 0.4) is 0 Å². The molecule has 0 fully saturated rings. The second-order valence-electron chi connectivity index (χ2n) is 3.76. The lowest BCUT2D eigenvalue weighted by atomic mass is 10.1. The fraction of sp³-hybridized carbons (Fsp3) is 0. The third kappa shape index (κ3) is 3.38. The first kappa shape index (κ1) is 13.2. The van der Waals surface area contributed by atoms with E-state index in [0.717, 1.165) is 4.47 Å². The van der Waals surface area contributed by atoms with E-state index >= 15 is 0 Å². The fourth-order valence-electron chi connectivity index (χ4n) is 1.45. The number of amides is 2. The van der Waals surface area contributed by atoms with Crippen LogP contribution in [0.5, 0.6) is 0 Å². The van der Waals surface area contributed by atoms with Crippen molar-refractivity contribution < 1.29 is 9.59 Å². The number of rotatable bonds is 3. The van der Waals surface area contributed by atoms with Gasteiger partial charge in [0.15, 0.2) is 0 Å². The van der Waals surface area contributed by atoms with Crippen molar-refractivity contribution in [3.8, 4) is 0 Å². The second kappa shape index (κ2) is 5.62. The third-order valence-electron chi connectivity index (χ3n) is 2.38. The number of benzene rings is 1. The number of nitrogens with one attached hydrogen (secondary N) is 1. The number of hydrogen-bond acceptors (Lipinski definition) is 3. The Balaban J connectivity index is 2.18. The molecular formula is C13H10BrN3O2. The summed E-state index contributed by atoms with van der Waals surface area (Å²) in [4.78, 5) is 27.0. The lowest BCUT2D eigenvalue weighted by molar-refractivity contribution is 0.1000. The van der Waals surface area contributed by atoms with Gasteiger partial charge in [0.2, 0.25) is 5.91 Å². The van der Waals surface area contributed by atoms with Gasteiger partial charge < -0.3 is 11.1 Å². The number of aromatic nitrogens is 1. The van der Waals surface area contributed by atoms with E-state index in [1.165, 1.54) is 6.07 Å². The van der Waals surface area contributed by atoms with Crippen molar-refractivity contribution in [2.75, 3.05) is 5.32 Å². The van der Waals surface area contributed by atoms with Gasteiger partial charge >= 0.3 is 0 Å². The summed E-state index contributed by atoms with van der Waals surface area (Å²) >= 11 is 3.26. The van der Waals surface area contributed by atoms with Crippen molar-refractivity contribution >= 4 is 33.6 Å². The zero-order valence-corrected chi connectivity index (χ0v) is 11.3. The molecule has 0 saturated heterocycles. The number of anilines is 1. The molecule has 96 valence electrons. The highest BCUT2D eigenvalue weighted by molar-refractivity contribution is 9.10. The minimum atomic E-state index is -0.573. The average Bonchev–Trinajstić information content (AvgIpc) is 2.41. The molecule has 1 heterocycles. The number of hydrogen-bond donors (Lipinski definition) is 2. The summed E-state index contributed by atoms with van der Waals surface area (Å²) in [5.74, 6) is -0.494. The summed E-state index contributed by atoms with van der Waals surface area (Å²) in [6.07, 6.45) is 1.58. The molecule has 1 aromatic heterocycles. The monoisotopic (exact) mass is 319 g/mol. The molecule has 0 atom stereocenters. The number of nitrogens with two attached hydrogens (primary N) is 1. The summed E-state index contributed by atoms with van der Waals surface area (Å²) in [6, 6.07) is 9.63. The maximum Gasteiger partial charge on any atom is 0.256 e. The van der Waals surface area contributed by atoms with Crippen molar-refractivity contribution in [2.24, 2.45) is 5.73 Å². The molecule has 0 bridgehead atoms. The Hall–Kier alpha value is -2.21. The molecule has 0 aliphatic carbocycles. The lowest BCUT2D eigenvalue weighted by Gasteiger charge is -2.05. The van der Waals surface area contributed by atoms with Crippen LogP contribution < -0.4 is 11.1 Å². The quantitative estimate of drug-likeness (QED) is 0.909. The van der Waals surface area contributed by atoms with Gasteiger partial charge in [0.25, 0.3) is 5.91 Å². The van der Waals surface area contributed by atoms with Gasteiger partial charge in [-0.25, -0.2) is 4.98 Å². The Kier molecular flexibility index (Phi) is 3.91. The third-order valence-corrected chi connectivity index (χ3v) is 2.85. The van der Waals surface area contributed by atoms with E-state index in [0.29, 0.717) is 11.4 Å². The van der Waals surface area contributed by atoms with Crippen LogP contribution in [0.4, 0.5) is 5.82 Å². The van der Waals surface area contributed by atoms with Crippen LogP contribution in [0.15, 0.2) is 47.1 Å². The highest BCUT2D eigenvalue weighted by atomic mass is 79.9. The van der Waals surface area contributed by atoms with Gasteiger partial charge in [0.05, 0.1) is 0 Å². The summed E-state index contributed by atoms with van der Waals surface area (Å²) in [6.45, 7) is 0. The molecule has 2 aromatic rings. The molecule has 0 unspecified atom stereocenters. The summed E-state index contributed by atoms with van der Waals surface area (Å²) in [7, 11) is 0. The molecule has 0 spiro atoms. The molecule has 3 N–H and O–H groups in total. The number of carbonyl (C=O) groups is 2. The maximum atomic E-state index is 12.0. The number of halogens is 1. The minimum Gasteiger partial charge on any atom is -0.366 e. The molecule has 0 aliphatic rings.